The average molecular weight is 184 g/mol. The molecule has 0 rings (SSSR count). The van der Waals surface area contributed by atoms with Gasteiger partial charge in [-0.3, -0.25) is 10.1 Å². The van der Waals surface area contributed by atoms with E-state index in [9.17, 15) is 9.59 Å². The van der Waals surface area contributed by atoms with Gasteiger partial charge in [0.1, 0.15) is 20.3 Å². The van der Waals surface area contributed by atoms with Crippen molar-refractivity contribution in [1.29, 1.82) is 5.26 Å². The molecule has 13 heavy (non-hydrogen) atoms. The highest BCUT2D eigenvalue weighted by Gasteiger charge is 2.14. The Bertz CT molecular complexity index is 278. The molecule has 7 nitrogen and oxygen atoms in total. The van der Waals surface area contributed by atoms with Crippen molar-refractivity contribution in [1.82, 2.24) is 5.32 Å². The highest BCUT2D eigenvalue weighted by atomic mass is 16.6. The van der Waals surface area contributed by atoms with Gasteiger partial charge in [0.25, 0.3) is 5.91 Å². The Labute approximate surface area is 73.9 Å². The number of rotatable bonds is 2. The molecule has 0 aliphatic carbocycles. The van der Waals surface area contributed by atoms with Gasteiger partial charge in [-0.05, 0) is 0 Å². The molecular weight excluding hydrogens is 178 g/mol. The number of carbonyl (C=O) groups is 2. The summed E-state index contributed by atoms with van der Waals surface area (Å²) in [4.78, 5) is 25.5. The van der Waals surface area contributed by atoms with E-state index in [0.29, 0.717) is 0 Å². The molecule has 0 saturated carbocycles. The van der Waals surface area contributed by atoms with Crippen LogP contribution in [0.4, 0.5) is 4.79 Å². The van der Waals surface area contributed by atoms with Crippen molar-refractivity contribution in [3.05, 3.63) is 7.11 Å². The smallest absolute Gasteiger partial charge is 0.414 e. The van der Waals surface area contributed by atoms with Crippen LogP contribution >= 0.6 is 0 Å². The first-order valence-electron chi connectivity index (χ1n) is 2.94. The predicted octanol–water partition coefficient (Wildman–Crippen LogP) is -0.443. The van der Waals surface area contributed by atoms with Gasteiger partial charge in [0, 0.05) is 0 Å². The number of nitrogens with zero attached hydrogens (tertiary/aromatic N) is 2. The number of hydrogen-bond donors (Lipinski definition) is 1. The Morgan fingerprint density at radius 3 is 2.62 bits per heavy atom. The van der Waals surface area contributed by atoms with Crippen molar-refractivity contribution in [2.45, 2.75) is 0 Å². The van der Waals surface area contributed by atoms with Gasteiger partial charge in [-0.25, -0.2) is 4.79 Å². The third kappa shape index (κ3) is 3.71. The normalized spacial score (nSPS) is 9.77. The summed E-state index contributed by atoms with van der Waals surface area (Å²) in [6.07, 6.45) is -1.08. The van der Waals surface area contributed by atoms with E-state index in [4.69, 9.17) is 5.26 Å². The minimum Gasteiger partial charge on any atom is -0.446 e. The molecular formula is C6H6N3O4. The van der Waals surface area contributed by atoms with Crippen LogP contribution in [0.25, 0.3) is 0 Å². The van der Waals surface area contributed by atoms with E-state index in [1.807, 2.05) is 0 Å². The fourth-order valence-corrected chi connectivity index (χ4v) is 0.392. The Morgan fingerprint density at radius 1 is 1.62 bits per heavy atom. The summed E-state index contributed by atoms with van der Waals surface area (Å²) in [7, 11) is 3.91. The first-order valence-corrected chi connectivity index (χ1v) is 2.94. The zero-order valence-electron chi connectivity index (χ0n) is 6.73. The molecule has 7 heteroatoms. The Hall–Kier alpha value is -2.10. The molecule has 0 aromatic heterocycles. The van der Waals surface area contributed by atoms with E-state index in [-0.39, 0.29) is 0 Å². The second-order valence-electron chi connectivity index (χ2n) is 1.62. The molecule has 0 aliphatic rings. The minimum absolute atomic E-state index is 0.590. The molecule has 1 N–H and O–H groups in total. The Morgan fingerprint density at radius 2 is 2.23 bits per heavy atom. The van der Waals surface area contributed by atoms with Crippen molar-refractivity contribution in [2.24, 2.45) is 5.16 Å². The number of oxime groups is 1. The molecule has 0 aliphatic heterocycles. The highest BCUT2D eigenvalue weighted by molar-refractivity contribution is 6.46. The molecule has 0 fully saturated rings. The number of amides is 2. The predicted molar refractivity (Wildman–Crippen MR) is 40.0 cm³/mol. The van der Waals surface area contributed by atoms with Gasteiger partial charge in [-0.1, -0.05) is 5.16 Å². The van der Waals surface area contributed by atoms with Crippen molar-refractivity contribution in [3.8, 4) is 6.07 Å². The fraction of sp³-hybridized carbons (Fsp3) is 0.167. The summed E-state index contributed by atoms with van der Waals surface area (Å²) < 4.78 is 3.87. The first kappa shape index (κ1) is 10.9. The molecule has 0 aromatic rings. The van der Waals surface area contributed by atoms with Crippen molar-refractivity contribution < 1.29 is 19.2 Å². The monoisotopic (exact) mass is 184 g/mol. The average Bonchev–Trinajstić information content (AvgIpc) is 2.13. The topological polar surface area (TPSA) is 101 Å². The number of nitriles is 1. The second-order valence-corrected chi connectivity index (χ2v) is 1.62. The minimum atomic E-state index is -1.08. The molecule has 0 aromatic carbocycles. The number of ether oxygens (including phenoxy) is 1. The quantitative estimate of drug-likeness (QED) is 0.463. The van der Waals surface area contributed by atoms with E-state index in [0.717, 1.165) is 7.11 Å². The van der Waals surface area contributed by atoms with E-state index in [1.54, 1.807) is 5.32 Å². The lowest BCUT2D eigenvalue weighted by atomic mass is 10.4. The van der Waals surface area contributed by atoms with Crippen LogP contribution in [0.3, 0.4) is 0 Å². The fourth-order valence-electron chi connectivity index (χ4n) is 0.392. The highest BCUT2D eigenvalue weighted by Crippen LogP contribution is 1.81. The summed E-state index contributed by atoms with van der Waals surface area (Å²) in [6, 6.07) is 1.42. The molecule has 0 atom stereocenters. The second kappa shape index (κ2) is 5.54. The maximum Gasteiger partial charge on any atom is 0.414 e. The summed E-state index contributed by atoms with van der Waals surface area (Å²) in [5, 5.41) is 13.0. The van der Waals surface area contributed by atoms with Gasteiger partial charge in [0.2, 0.25) is 5.71 Å². The lowest BCUT2D eigenvalue weighted by Crippen LogP contribution is -2.35. The zero-order chi connectivity index (χ0) is 10.3. The van der Waals surface area contributed by atoms with E-state index in [2.05, 4.69) is 21.8 Å². The molecule has 1 radical (unpaired) electrons. The third-order valence-electron chi connectivity index (χ3n) is 0.850. The number of hydrogen-bond acceptors (Lipinski definition) is 6. The van der Waals surface area contributed by atoms with Gasteiger partial charge in [0.15, 0.2) is 0 Å². The van der Waals surface area contributed by atoms with Crippen molar-refractivity contribution in [2.75, 3.05) is 7.11 Å². The Balaban J connectivity index is 4.34. The maximum absolute atomic E-state index is 10.9. The molecule has 0 spiro atoms. The number of imide groups is 1. The number of carbonyl (C=O) groups excluding carboxylic acids is 2. The van der Waals surface area contributed by atoms with Crippen LogP contribution in [-0.4, -0.2) is 24.8 Å². The van der Waals surface area contributed by atoms with Gasteiger partial charge >= 0.3 is 6.09 Å². The standard InChI is InChI=1S/C6H6N3O4/c1-12-6(11)8-5(10)4(3-7)9-13-2/h1H2,2H3,(H,8,10,11)/b9-4+. The van der Waals surface area contributed by atoms with Crippen LogP contribution in [0, 0.1) is 18.4 Å². The Kier molecular flexibility index (Phi) is 4.64. The first-order chi connectivity index (χ1) is 6.15. The largest absolute Gasteiger partial charge is 0.446 e. The van der Waals surface area contributed by atoms with Gasteiger partial charge in [0.05, 0.1) is 0 Å². The van der Waals surface area contributed by atoms with Crippen LogP contribution in [-0.2, 0) is 14.4 Å². The lowest BCUT2D eigenvalue weighted by molar-refractivity contribution is -0.114. The number of nitrogens with one attached hydrogen (secondary N) is 1. The molecule has 0 heterocycles. The SMILES string of the molecule is [CH2]OC(=O)NC(=O)/C(C#N)=N/OC. The lowest BCUT2D eigenvalue weighted by Gasteiger charge is -1.98. The van der Waals surface area contributed by atoms with Gasteiger partial charge < -0.3 is 9.57 Å². The molecule has 2 amide bonds. The zero-order valence-corrected chi connectivity index (χ0v) is 6.73. The summed E-state index contributed by atoms with van der Waals surface area (Å²) in [5.74, 6) is -1.02. The van der Waals surface area contributed by atoms with Crippen LogP contribution in [0.15, 0.2) is 5.16 Å². The van der Waals surface area contributed by atoms with E-state index < -0.39 is 17.7 Å². The van der Waals surface area contributed by atoms with Gasteiger partial charge in [-0.15, -0.1) is 0 Å². The van der Waals surface area contributed by atoms with Crippen molar-refractivity contribution in [3.63, 3.8) is 0 Å². The van der Waals surface area contributed by atoms with E-state index in [1.165, 1.54) is 6.07 Å². The molecule has 69 valence electrons. The van der Waals surface area contributed by atoms with Crippen LogP contribution in [0.2, 0.25) is 0 Å². The van der Waals surface area contributed by atoms with Crippen molar-refractivity contribution >= 4 is 17.7 Å². The molecule has 0 unspecified atom stereocenters. The third-order valence-corrected chi connectivity index (χ3v) is 0.850. The van der Waals surface area contributed by atoms with Crippen LogP contribution < -0.4 is 5.32 Å². The molecule has 0 saturated heterocycles. The van der Waals surface area contributed by atoms with Crippen LogP contribution in [0.5, 0.6) is 0 Å². The summed E-state index contributed by atoms with van der Waals surface area (Å²) in [5.41, 5.74) is -0.590. The van der Waals surface area contributed by atoms with Crippen LogP contribution in [0.1, 0.15) is 0 Å². The summed E-state index contributed by atoms with van der Waals surface area (Å²) >= 11 is 0. The molecule has 0 bridgehead atoms. The summed E-state index contributed by atoms with van der Waals surface area (Å²) in [6.45, 7) is 0. The maximum atomic E-state index is 10.9. The van der Waals surface area contributed by atoms with E-state index >= 15 is 0 Å². The van der Waals surface area contributed by atoms with Gasteiger partial charge in [-0.2, -0.15) is 5.26 Å². The number of alkyl carbamates (subject to hydrolysis) is 1.